The van der Waals surface area contributed by atoms with Gasteiger partial charge < -0.3 is 29.5 Å². The molecule has 0 aliphatic carbocycles. The van der Waals surface area contributed by atoms with Crippen molar-refractivity contribution in [2.75, 3.05) is 56.8 Å². The molecule has 2 aromatic heterocycles. The Hall–Kier alpha value is -3.76. The minimum absolute atomic E-state index is 0.105. The third kappa shape index (κ3) is 5.73. The van der Waals surface area contributed by atoms with E-state index in [2.05, 4.69) is 20.2 Å². The fraction of sp³-hybridized carbons (Fsp3) is 0.304. The number of carboxylic acids is 1. The number of methoxy groups -OCH3 is 1. The lowest BCUT2D eigenvalue weighted by Crippen LogP contribution is -2.37. The molecule has 0 bridgehead atoms. The second-order valence-electron chi connectivity index (χ2n) is 7.29. The molecular formula is C23H25N5O5. The van der Waals surface area contributed by atoms with Gasteiger partial charge in [0.2, 0.25) is 5.95 Å². The Labute approximate surface area is 191 Å². The first-order valence-corrected chi connectivity index (χ1v) is 10.5. The minimum Gasteiger partial charge on any atom is -0.491 e. The van der Waals surface area contributed by atoms with E-state index < -0.39 is 5.97 Å². The Bertz CT molecular complexity index is 1100. The summed E-state index contributed by atoms with van der Waals surface area (Å²) in [7, 11) is 1.63. The largest absolute Gasteiger partial charge is 0.491 e. The second-order valence-corrected chi connectivity index (χ2v) is 7.29. The molecule has 1 aliphatic rings. The molecule has 0 unspecified atom stereocenters. The number of pyridine rings is 1. The van der Waals surface area contributed by atoms with Gasteiger partial charge in [0.05, 0.1) is 25.4 Å². The summed E-state index contributed by atoms with van der Waals surface area (Å²) in [6, 6.07) is 9.08. The normalized spacial score (nSPS) is 13.5. The van der Waals surface area contributed by atoms with Crippen LogP contribution in [0, 0.1) is 0 Å². The zero-order valence-electron chi connectivity index (χ0n) is 18.2. The molecule has 2 N–H and O–H groups in total. The molecule has 0 spiro atoms. The summed E-state index contributed by atoms with van der Waals surface area (Å²) < 4.78 is 16.2. The first-order valence-electron chi connectivity index (χ1n) is 10.5. The van der Waals surface area contributed by atoms with Gasteiger partial charge in [0.15, 0.2) is 0 Å². The van der Waals surface area contributed by atoms with Crippen molar-refractivity contribution in [3.63, 3.8) is 0 Å². The summed E-state index contributed by atoms with van der Waals surface area (Å²) in [5.41, 5.74) is 2.22. The average molecular weight is 451 g/mol. The van der Waals surface area contributed by atoms with Crippen LogP contribution < -0.4 is 15.0 Å². The van der Waals surface area contributed by atoms with Crippen LogP contribution in [-0.2, 0) is 9.47 Å². The Morgan fingerprint density at radius 1 is 1.18 bits per heavy atom. The van der Waals surface area contributed by atoms with Crippen LogP contribution in [0.25, 0.3) is 11.1 Å². The first kappa shape index (κ1) is 22.4. The van der Waals surface area contributed by atoms with Crippen LogP contribution in [-0.4, -0.2) is 72.7 Å². The maximum Gasteiger partial charge on any atom is 0.337 e. The van der Waals surface area contributed by atoms with E-state index >= 15 is 0 Å². The number of aromatic carboxylic acids is 1. The van der Waals surface area contributed by atoms with E-state index in [9.17, 15) is 9.90 Å². The lowest BCUT2D eigenvalue weighted by Gasteiger charge is -2.29. The molecule has 4 rings (SSSR count). The van der Waals surface area contributed by atoms with Crippen molar-refractivity contribution in [1.29, 1.82) is 0 Å². The number of benzene rings is 1. The SMILES string of the molecule is COCCOc1cccc(Nc2ncc(-c3cncc(C(=O)O)c3)c(N3CCOCC3)n2)c1. The lowest BCUT2D eigenvalue weighted by molar-refractivity contribution is 0.0696. The van der Waals surface area contributed by atoms with Crippen LogP contribution in [0.4, 0.5) is 17.5 Å². The van der Waals surface area contributed by atoms with Crippen molar-refractivity contribution < 1.29 is 24.1 Å². The van der Waals surface area contributed by atoms with Crippen molar-refractivity contribution in [2.24, 2.45) is 0 Å². The number of morpholine rings is 1. The highest BCUT2D eigenvalue weighted by Gasteiger charge is 2.20. The predicted octanol–water partition coefficient (Wildman–Crippen LogP) is 2.84. The van der Waals surface area contributed by atoms with Crippen LogP contribution in [0.3, 0.4) is 0 Å². The van der Waals surface area contributed by atoms with Gasteiger partial charge >= 0.3 is 5.97 Å². The van der Waals surface area contributed by atoms with Gasteiger partial charge in [-0.05, 0) is 18.2 Å². The van der Waals surface area contributed by atoms with Crippen LogP contribution in [0.1, 0.15) is 10.4 Å². The fourth-order valence-electron chi connectivity index (χ4n) is 3.39. The highest BCUT2D eigenvalue weighted by atomic mass is 16.5. The van der Waals surface area contributed by atoms with Gasteiger partial charge in [-0.3, -0.25) is 4.98 Å². The van der Waals surface area contributed by atoms with Gasteiger partial charge in [0.1, 0.15) is 18.2 Å². The summed E-state index contributed by atoms with van der Waals surface area (Å²) in [6.45, 7) is 3.45. The zero-order chi connectivity index (χ0) is 23.0. The Kier molecular flexibility index (Phi) is 7.28. The van der Waals surface area contributed by atoms with E-state index in [1.54, 1.807) is 25.6 Å². The zero-order valence-corrected chi connectivity index (χ0v) is 18.2. The third-order valence-electron chi connectivity index (χ3n) is 5.02. The van der Waals surface area contributed by atoms with Gasteiger partial charge in [0, 0.05) is 61.7 Å². The van der Waals surface area contributed by atoms with Gasteiger partial charge in [0.25, 0.3) is 0 Å². The van der Waals surface area contributed by atoms with Crippen molar-refractivity contribution >= 4 is 23.4 Å². The fourth-order valence-corrected chi connectivity index (χ4v) is 3.39. The molecule has 0 atom stereocenters. The van der Waals surface area contributed by atoms with Crippen LogP contribution in [0.15, 0.2) is 48.9 Å². The quantitative estimate of drug-likeness (QED) is 0.470. The summed E-state index contributed by atoms with van der Waals surface area (Å²) >= 11 is 0. The number of carbonyl (C=O) groups is 1. The molecule has 1 saturated heterocycles. The van der Waals surface area contributed by atoms with Gasteiger partial charge in [-0.15, -0.1) is 0 Å². The van der Waals surface area contributed by atoms with Crippen LogP contribution >= 0.6 is 0 Å². The Balaban J connectivity index is 1.64. The van der Waals surface area contributed by atoms with Crippen molar-refractivity contribution in [3.05, 3.63) is 54.5 Å². The molecule has 0 amide bonds. The van der Waals surface area contributed by atoms with Crippen molar-refractivity contribution in [3.8, 4) is 16.9 Å². The highest BCUT2D eigenvalue weighted by Crippen LogP contribution is 2.31. The van der Waals surface area contributed by atoms with E-state index in [0.29, 0.717) is 68.2 Å². The molecule has 1 aliphatic heterocycles. The van der Waals surface area contributed by atoms with E-state index in [4.69, 9.17) is 19.2 Å². The van der Waals surface area contributed by atoms with Crippen molar-refractivity contribution in [2.45, 2.75) is 0 Å². The number of aromatic nitrogens is 3. The molecule has 0 radical (unpaired) electrons. The molecule has 10 heteroatoms. The summed E-state index contributed by atoms with van der Waals surface area (Å²) in [5, 5.41) is 12.6. The number of nitrogens with one attached hydrogen (secondary N) is 1. The Morgan fingerprint density at radius 2 is 2.03 bits per heavy atom. The topological polar surface area (TPSA) is 119 Å². The molecule has 3 aromatic rings. The average Bonchev–Trinajstić information content (AvgIpc) is 2.85. The predicted molar refractivity (Wildman–Crippen MR) is 122 cm³/mol. The molecule has 10 nitrogen and oxygen atoms in total. The molecule has 172 valence electrons. The van der Waals surface area contributed by atoms with Gasteiger partial charge in [-0.1, -0.05) is 6.07 Å². The number of hydrogen-bond donors (Lipinski definition) is 2. The monoisotopic (exact) mass is 451 g/mol. The smallest absolute Gasteiger partial charge is 0.337 e. The van der Waals surface area contributed by atoms with Crippen LogP contribution in [0.2, 0.25) is 0 Å². The molecular weight excluding hydrogens is 426 g/mol. The number of anilines is 3. The van der Waals surface area contributed by atoms with E-state index in [1.165, 1.54) is 6.20 Å². The molecule has 3 heterocycles. The lowest BCUT2D eigenvalue weighted by atomic mass is 10.1. The maximum atomic E-state index is 11.4. The number of nitrogens with zero attached hydrogens (tertiary/aromatic N) is 4. The van der Waals surface area contributed by atoms with E-state index in [1.807, 2.05) is 24.3 Å². The number of ether oxygens (including phenoxy) is 3. The maximum absolute atomic E-state index is 11.4. The highest BCUT2D eigenvalue weighted by molar-refractivity contribution is 5.89. The minimum atomic E-state index is -1.04. The third-order valence-corrected chi connectivity index (χ3v) is 5.02. The number of carboxylic acid groups (broad SMARTS) is 1. The van der Waals surface area contributed by atoms with Crippen LogP contribution in [0.5, 0.6) is 5.75 Å². The summed E-state index contributed by atoms with van der Waals surface area (Å²) in [5.74, 6) is 0.770. The molecule has 33 heavy (non-hydrogen) atoms. The Morgan fingerprint density at radius 3 is 2.82 bits per heavy atom. The first-order chi connectivity index (χ1) is 16.1. The molecule has 1 aromatic carbocycles. The van der Waals surface area contributed by atoms with Crippen molar-refractivity contribution in [1.82, 2.24) is 15.0 Å². The number of hydrogen-bond acceptors (Lipinski definition) is 9. The number of rotatable bonds is 9. The second kappa shape index (κ2) is 10.7. The standard InChI is InChI=1S/C23H25N5O5/c1-31-9-10-33-19-4-2-3-18(12-19)26-23-25-15-20(16-11-17(22(29)30)14-24-13-16)21(27-23)28-5-7-32-8-6-28/h2-4,11-15H,5-10H2,1H3,(H,29,30)(H,25,26,27). The van der Waals surface area contributed by atoms with Gasteiger partial charge in [-0.25, -0.2) is 9.78 Å². The summed E-state index contributed by atoms with van der Waals surface area (Å²) in [6.07, 6.45) is 4.61. The van der Waals surface area contributed by atoms with E-state index in [0.717, 1.165) is 5.69 Å². The summed E-state index contributed by atoms with van der Waals surface area (Å²) in [4.78, 5) is 26.8. The molecule has 0 saturated carbocycles. The van der Waals surface area contributed by atoms with Gasteiger partial charge in [-0.2, -0.15) is 4.98 Å². The van der Waals surface area contributed by atoms with E-state index in [-0.39, 0.29) is 5.56 Å². The molecule has 1 fully saturated rings.